The number of aliphatic hydroxyl groups excluding tert-OH is 24. The summed E-state index contributed by atoms with van der Waals surface area (Å²) in [6.45, 7) is -6.33. The third-order valence-corrected chi connectivity index (χ3v) is 17.7. The zero-order chi connectivity index (χ0) is 68.8. The number of carboxylic acids is 1. The van der Waals surface area contributed by atoms with E-state index in [2.05, 4.69) is 0 Å². The molecular formula is C51H84O43. The van der Waals surface area contributed by atoms with Crippen LogP contribution in [0.3, 0.4) is 0 Å². The van der Waals surface area contributed by atoms with Crippen molar-refractivity contribution >= 4 is 5.97 Å². The summed E-state index contributed by atoms with van der Waals surface area (Å²) in [5.74, 6) is -3.81. The van der Waals surface area contributed by atoms with E-state index in [-0.39, 0.29) is 0 Å². The van der Waals surface area contributed by atoms with Crippen molar-refractivity contribution in [3.05, 3.63) is 0 Å². The van der Waals surface area contributed by atoms with Crippen molar-refractivity contribution in [2.75, 3.05) is 52.9 Å². The van der Waals surface area contributed by atoms with Gasteiger partial charge in [0.1, 0.15) is 195 Å². The van der Waals surface area contributed by atoms with E-state index in [1.807, 2.05) is 0 Å². The lowest BCUT2D eigenvalue weighted by Gasteiger charge is -2.50. The van der Waals surface area contributed by atoms with Crippen molar-refractivity contribution in [2.24, 2.45) is 0 Å². The van der Waals surface area contributed by atoms with Crippen molar-refractivity contribution in [2.45, 2.75) is 258 Å². The summed E-state index contributed by atoms with van der Waals surface area (Å²) < 4.78 is 94.4. The number of fused-ring (bicyclic) bond motifs is 1. The van der Waals surface area contributed by atoms with Crippen LogP contribution in [0.2, 0.25) is 0 Å². The molecule has 0 saturated carbocycles. The molecule has 25 N–H and O–H groups in total. The predicted molar refractivity (Wildman–Crippen MR) is 278 cm³/mol. The number of ether oxygens (including phenoxy) is 17. The Kier molecular flexibility index (Phi) is 25.7. The fourth-order valence-corrected chi connectivity index (χ4v) is 12.0. The van der Waals surface area contributed by atoms with Gasteiger partial charge in [0, 0.05) is 6.92 Å². The number of aliphatic hydroxyl groups is 24. The maximum Gasteiger partial charge on any atom is 0.364 e. The molecule has 2 unspecified atom stereocenters. The summed E-state index contributed by atoms with van der Waals surface area (Å²) in [6, 6.07) is 0. The van der Waals surface area contributed by atoms with Gasteiger partial charge in [0.05, 0.1) is 52.9 Å². The molecule has 43 heteroatoms. The van der Waals surface area contributed by atoms with Crippen LogP contribution >= 0.6 is 0 Å². The number of rotatable bonds is 22. The van der Waals surface area contributed by atoms with Crippen LogP contribution in [0.1, 0.15) is 6.92 Å². The van der Waals surface area contributed by atoms with E-state index in [1.165, 1.54) is 0 Å². The van der Waals surface area contributed by atoms with E-state index < -0.39 is 310 Å². The highest BCUT2D eigenvalue weighted by atomic mass is 16.8. The zero-order valence-electron chi connectivity index (χ0n) is 49.3. The van der Waals surface area contributed by atoms with Crippen LogP contribution < -0.4 is 0 Å². The topological polar surface area (TPSA) is 680 Å². The van der Waals surface area contributed by atoms with Crippen LogP contribution in [-0.4, -0.2) is 438 Å². The van der Waals surface area contributed by atoms with Gasteiger partial charge in [0.25, 0.3) is 5.79 Å². The van der Waals surface area contributed by atoms with Crippen LogP contribution in [0.5, 0.6) is 0 Å². The minimum absolute atomic E-state index is 0.518. The van der Waals surface area contributed by atoms with Gasteiger partial charge < -0.3 is 208 Å². The Hall–Kier alpha value is -2.17. The lowest BCUT2D eigenvalue weighted by molar-refractivity contribution is -0.402. The molecule has 43 nitrogen and oxygen atoms in total. The van der Waals surface area contributed by atoms with E-state index in [9.17, 15) is 132 Å². The molecule has 9 aliphatic rings. The second-order valence-corrected chi connectivity index (χ2v) is 23.9. The quantitative estimate of drug-likeness (QED) is 0.0479. The molecule has 0 spiro atoms. The molecular weight excluding hydrogens is 1300 g/mol. The molecule has 0 amide bonds. The molecule has 0 aromatic carbocycles. The van der Waals surface area contributed by atoms with E-state index in [4.69, 9.17) is 80.5 Å². The first kappa shape index (κ1) is 76.0. The Morgan fingerprint density at radius 2 is 0.660 bits per heavy atom. The van der Waals surface area contributed by atoms with Gasteiger partial charge in [0.2, 0.25) is 0 Å². The number of carbonyl (C=O) groups is 1. The third-order valence-electron chi connectivity index (χ3n) is 17.7. The molecule has 9 rings (SSSR count). The highest BCUT2D eigenvalue weighted by molar-refractivity contribution is 5.75. The SMILES string of the molecule is CC1(C(=O)O)OC[C@H]2O[C@@H](O[C@@H]3[C@@H](O)[C@H](O[C@@H]4[C@@H](O)[C@H](OC[C@H]5O[C@@H](OC[C@H]6O[C@@H](O[C@H]7[C@H](O)[C@@H](O)[C@H](O[C@H]8[C@H](O)[C@@H](O)[C@H](O[C@H]9[C@H](O)[C@@H](CO)OC(O)[C@@H]9O)O[C@@H]8CO)O[C@@H]7CO)[C@H](O)[C@@H](O)[C@@H]6O)[C@H](O)[C@@H](O)[C@@H]5O)O[C@H](CO)[C@H]4O)O[C@H](CO)[C@H]3O)[C@H](O)[C@@H](O)[C@@H]2O1. The van der Waals surface area contributed by atoms with Gasteiger partial charge in [-0.3, -0.25) is 0 Å². The normalized spacial score (nSPS) is 53.6. The Bertz CT molecular complexity index is 2370. The first-order valence-corrected chi connectivity index (χ1v) is 29.7. The van der Waals surface area contributed by atoms with Crippen LogP contribution in [0, 0.1) is 0 Å². The average Bonchev–Trinajstić information content (AvgIpc) is 0.777. The van der Waals surface area contributed by atoms with Crippen molar-refractivity contribution in [1.29, 1.82) is 0 Å². The molecule has 94 heavy (non-hydrogen) atoms. The fourth-order valence-electron chi connectivity index (χ4n) is 12.0. The minimum Gasteiger partial charge on any atom is -0.477 e. The molecule has 0 bridgehead atoms. The van der Waals surface area contributed by atoms with Crippen molar-refractivity contribution in [3.63, 3.8) is 0 Å². The summed E-state index contributed by atoms with van der Waals surface area (Å²) in [6.07, 6.45) is -78.1. The first-order chi connectivity index (χ1) is 44.4. The Morgan fingerprint density at radius 1 is 0.340 bits per heavy atom. The summed E-state index contributed by atoms with van der Waals surface area (Å²) >= 11 is 0. The van der Waals surface area contributed by atoms with Crippen LogP contribution in [0.15, 0.2) is 0 Å². The second-order valence-electron chi connectivity index (χ2n) is 23.9. The Labute approximate surface area is 529 Å². The van der Waals surface area contributed by atoms with E-state index in [0.29, 0.717) is 0 Å². The van der Waals surface area contributed by atoms with Gasteiger partial charge in [-0.25, -0.2) is 4.79 Å². The molecule has 0 aromatic rings. The molecule has 41 atom stereocenters. The monoisotopic (exact) mass is 1380 g/mol. The lowest BCUT2D eigenvalue weighted by Crippen LogP contribution is -2.69. The number of hydrogen-bond acceptors (Lipinski definition) is 42. The third kappa shape index (κ3) is 15.4. The summed E-state index contributed by atoms with van der Waals surface area (Å²) in [4.78, 5) is 11.7. The highest BCUT2D eigenvalue weighted by Crippen LogP contribution is 2.39. The molecule has 9 saturated heterocycles. The predicted octanol–water partition coefficient (Wildman–Crippen LogP) is -17.6. The standard InChI is InChI=1S/C51H84O43/c1-51(50(76)77)80-9-17-38(94-51)27(66)32(71)48(88-17)92-41-22(61)12(4-54)83-49(35(41)74)93-40-21(60)11(3-53)82-44(34(40)73)79-7-15-18(57)23(62)28(67)43(86-15)78-8-16-19(58)24(63)29(68)45(87-16)89-36-13(5-55)84-46(30(69)25(36)64)90-37-14(6-56)85-47(31(70)26(37)65)91-39-20(59)10(2-52)81-42(75)33(39)72/h10-49,52-75H,2-9H2,1H3,(H,76,77)/t10-,11-,12-,13-,14-,15-,16-,17-,18-,19-,20-,21-,22-,23+,24+,25-,26-,27-,28-,29-,30-,31-,32-,33-,34-,35-,36-,37-,38-,39+,40+,41+,42?,43-,44-,45+,46+,47+,48+,49+,51?/m1/s1. The molecule has 0 radical (unpaired) electrons. The van der Waals surface area contributed by atoms with Gasteiger partial charge in [-0.1, -0.05) is 0 Å². The summed E-state index contributed by atoms with van der Waals surface area (Å²) in [7, 11) is 0. The lowest BCUT2D eigenvalue weighted by atomic mass is 9.95. The van der Waals surface area contributed by atoms with E-state index >= 15 is 0 Å². The number of carboxylic acid groups (broad SMARTS) is 1. The van der Waals surface area contributed by atoms with E-state index in [0.717, 1.165) is 6.92 Å². The maximum atomic E-state index is 11.7. The Morgan fingerprint density at radius 3 is 1.11 bits per heavy atom. The van der Waals surface area contributed by atoms with Gasteiger partial charge in [0.15, 0.2) is 50.3 Å². The van der Waals surface area contributed by atoms with Crippen LogP contribution in [-0.2, 0) is 85.3 Å². The average molecular weight is 1390 g/mol. The summed E-state index contributed by atoms with van der Waals surface area (Å²) in [5, 5.41) is 269. The first-order valence-electron chi connectivity index (χ1n) is 29.7. The van der Waals surface area contributed by atoms with Crippen LogP contribution in [0.4, 0.5) is 0 Å². The molecule has 9 heterocycles. The largest absolute Gasteiger partial charge is 0.477 e. The van der Waals surface area contributed by atoms with E-state index in [1.54, 1.807) is 0 Å². The van der Waals surface area contributed by atoms with Gasteiger partial charge in [-0.15, -0.1) is 0 Å². The number of aliphatic carboxylic acids is 1. The Balaban J connectivity index is 0.793. The van der Waals surface area contributed by atoms with Gasteiger partial charge in [-0.2, -0.15) is 0 Å². The highest BCUT2D eigenvalue weighted by Gasteiger charge is 2.60. The molecule has 9 aliphatic heterocycles. The molecule has 0 aliphatic carbocycles. The molecule has 0 aromatic heterocycles. The van der Waals surface area contributed by atoms with Crippen molar-refractivity contribution in [1.82, 2.24) is 0 Å². The molecule has 9 fully saturated rings. The minimum atomic E-state index is -2.25. The zero-order valence-corrected chi connectivity index (χ0v) is 49.3. The summed E-state index contributed by atoms with van der Waals surface area (Å²) in [5.41, 5.74) is 0. The van der Waals surface area contributed by atoms with Crippen molar-refractivity contribution < 1.29 is 213 Å². The van der Waals surface area contributed by atoms with Gasteiger partial charge in [-0.05, 0) is 0 Å². The second kappa shape index (κ2) is 31.8. The smallest absolute Gasteiger partial charge is 0.364 e. The fraction of sp³-hybridized carbons (Fsp3) is 0.980. The van der Waals surface area contributed by atoms with Crippen LogP contribution in [0.25, 0.3) is 0 Å². The molecule has 546 valence electrons. The number of hydrogen-bond donors (Lipinski definition) is 25. The van der Waals surface area contributed by atoms with Crippen molar-refractivity contribution in [3.8, 4) is 0 Å². The van der Waals surface area contributed by atoms with Gasteiger partial charge >= 0.3 is 5.97 Å². The maximum absolute atomic E-state index is 11.7.